The number of ether oxygens (including phenoxy) is 2. The number of unbranched alkanes of at least 4 members (excludes halogenated alkanes) is 13. The smallest absolute Gasteiger partial charge is 0.245 e. The molecule has 54 heavy (non-hydrogen) atoms. The van der Waals surface area contributed by atoms with Crippen molar-refractivity contribution in [3.05, 3.63) is 0 Å². The molecule has 12 N–H and O–H groups in total. The van der Waals surface area contributed by atoms with Gasteiger partial charge < -0.3 is 36.4 Å². The SMILES string of the molecule is CC(=O)NCCOCCOCC(=O)NCCCC[C@@H](CCN)C(C)O.CCCS(=O)NC(=O)CCCCCCCCCCCCCCCC1NNNN1.O. The average molecular weight is 797 g/mol. The Balaban J connectivity index is 0. The number of amides is 3. The first kappa shape index (κ1) is 54.3. The van der Waals surface area contributed by atoms with Crippen LogP contribution in [-0.4, -0.2) is 96.6 Å². The molecule has 0 radical (unpaired) electrons. The molecule has 0 aromatic rings. The molecule has 322 valence electrons. The van der Waals surface area contributed by atoms with E-state index in [1.807, 2.05) is 6.92 Å². The molecule has 1 aliphatic heterocycles. The molecule has 0 spiro atoms. The Kier molecular flexibility index (Phi) is 41.1. The van der Waals surface area contributed by atoms with Crippen molar-refractivity contribution in [2.24, 2.45) is 11.7 Å². The fourth-order valence-corrected chi connectivity index (χ4v) is 6.58. The maximum absolute atomic E-state index is 11.6. The molecule has 3 amide bonds. The predicted molar refractivity (Wildman–Crippen MR) is 217 cm³/mol. The molecule has 1 fully saturated rings. The minimum atomic E-state index is -1.18. The lowest BCUT2D eigenvalue weighted by Crippen LogP contribution is -2.33. The highest BCUT2D eigenvalue weighted by Crippen LogP contribution is 2.16. The van der Waals surface area contributed by atoms with Gasteiger partial charge in [-0.3, -0.25) is 19.1 Å². The molecule has 16 nitrogen and oxygen atoms in total. The summed E-state index contributed by atoms with van der Waals surface area (Å²) in [6.45, 7) is 8.02. The molecule has 0 aliphatic carbocycles. The van der Waals surface area contributed by atoms with E-state index in [1.165, 1.54) is 77.6 Å². The van der Waals surface area contributed by atoms with Crippen molar-refractivity contribution in [1.82, 2.24) is 37.3 Å². The summed E-state index contributed by atoms with van der Waals surface area (Å²) < 4.78 is 24.4. The number of hydrogen-bond acceptors (Lipinski definition) is 12. The first-order valence-corrected chi connectivity index (χ1v) is 21.7. The summed E-state index contributed by atoms with van der Waals surface area (Å²) in [6.07, 6.45) is 22.6. The molecule has 2 unspecified atom stereocenters. The zero-order valence-electron chi connectivity index (χ0n) is 33.9. The molecule has 3 atom stereocenters. The van der Waals surface area contributed by atoms with Crippen LogP contribution in [0.1, 0.15) is 149 Å². The molecular weight excluding hydrogens is 717 g/mol. The summed E-state index contributed by atoms with van der Waals surface area (Å²) in [5, 5.41) is 15.1. The van der Waals surface area contributed by atoms with Gasteiger partial charge in [-0.25, -0.2) is 15.1 Å². The van der Waals surface area contributed by atoms with E-state index in [2.05, 4.69) is 37.3 Å². The number of rotatable bonds is 35. The molecular formula is C37H80N8O8S. The first-order chi connectivity index (χ1) is 25.7. The number of hydrazine groups is 3. The Hall–Kier alpha value is -1.80. The highest BCUT2D eigenvalue weighted by Gasteiger charge is 2.14. The number of aliphatic hydroxyl groups excluding tert-OH is 1. The highest BCUT2D eigenvalue weighted by molar-refractivity contribution is 7.83. The van der Waals surface area contributed by atoms with Crippen molar-refractivity contribution < 1.29 is 38.6 Å². The van der Waals surface area contributed by atoms with Crippen LogP contribution in [-0.2, 0) is 34.8 Å². The molecule has 1 rings (SSSR count). The highest BCUT2D eigenvalue weighted by atomic mass is 32.2. The summed E-state index contributed by atoms with van der Waals surface area (Å²) in [5.41, 5.74) is 17.5. The van der Waals surface area contributed by atoms with Crippen LogP contribution in [0.25, 0.3) is 0 Å². The van der Waals surface area contributed by atoms with Crippen LogP contribution >= 0.6 is 0 Å². The van der Waals surface area contributed by atoms with Gasteiger partial charge in [0.15, 0.2) is 0 Å². The van der Waals surface area contributed by atoms with Crippen molar-refractivity contribution in [2.45, 2.75) is 161 Å². The third-order valence-corrected chi connectivity index (χ3v) is 10.1. The van der Waals surface area contributed by atoms with Crippen molar-refractivity contribution in [1.29, 1.82) is 0 Å². The Bertz CT molecular complexity index is 904. The normalized spacial score (nSPS) is 14.3. The summed E-state index contributed by atoms with van der Waals surface area (Å²) in [6, 6.07) is 0. The van der Waals surface area contributed by atoms with E-state index >= 15 is 0 Å². The Morgan fingerprint density at radius 1 is 0.759 bits per heavy atom. The third kappa shape index (κ3) is 38.5. The molecule has 0 aromatic carbocycles. The van der Waals surface area contributed by atoms with Gasteiger partial charge in [0.25, 0.3) is 0 Å². The van der Waals surface area contributed by atoms with Crippen LogP contribution in [0.15, 0.2) is 0 Å². The number of carbonyl (C=O) groups is 3. The lowest BCUT2D eigenvalue weighted by atomic mass is 9.93. The maximum Gasteiger partial charge on any atom is 0.245 e. The van der Waals surface area contributed by atoms with Crippen LogP contribution in [0, 0.1) is 5.92 Å². The second-order valence-electron chi connectivity index (χ2n) is 13.9. The number of nitrogens with two attached hydrogens (primary N) is 1. The van der Waals surface area contributed by atoms with Crippen LogP contribution < -0.4 is 43.0 Å². The van der Waals surface area contributed by atoms with Gasteiger partial charge in [0.1, 0.15) is 17.6 Å². The van der Waals surface area contributed by atoms with E-state index in [0.717, 1.165) is 51.4 Å². The van der Waals surface area contributed by atoms with Gasteiger partial charge in [-0.05, 0) is 57.9 Å². The van der Waals surface area contributed by atoms with Crippen LogP contribution in [0.5, 0.6) is 0 Å². The molecule has 17 heteroatoms. The Morgan fingerprint density at radius 2 is 1.33 bits per heavy atom. The van der Waals surface area contributed by atoms with E-state index in [4.69, 9.17) is 15.2 Å². The van der Waals surface area contributed by atoms with E-state index in [0.29, 0.717) is 57.8 Å². The third-order valence-electron chi connectivity index (χ3n) is 8.84. The summed E-state index contributed by atoms with van der Waals surface area (Å²) in [4.78, 5) is 33.8. The van der Waals surface area contributed by atoms with Crippen LogP contribution in [0.2, 0.25) is 0 Å². The summed E-state index contributed by atoms with van der Waals surface area (Å²) in [7, 11) is -1.18. The quantitative estimate of drug-likeness (QED) is 0.0420. The van der Waals surface area contributed by atoms with Gasteiger partial charge in [-0.1, -0.05) is 90.4 Å². The molecule has 1 heterocycles. The van der Waals surface area contributed by atoms with Gasteiger partial charge in [-0.2, -0.15) is 11.1 Å². The standard InChI is InChI=1S/C20H43N5O2S.C17H35N3O5.H2O/c1-2-18-28(27)23-20(26)17-15-13-11-9-7-5-3-4-6-8-10-12-14-16-19-21-24-25-22-19;1-14(21)16(6-7-18)5-3-4-8-20-17(23)13-25-12-11-24-10-9-19-15(2)22;/h19,21-22,24-25H,2-18H2,1H3,(H,23,26);14,16,21H,3-13,18H2,1-2H3,(H,19,22)(H,20,23);1H2/t;14?,16-;/m.0./s1. The monoisotopic (exact) mass is 797 g/mol. The lowest BCUT2D eigenvalue weighted by Gasteiger charge is -2.18. The Morgan fingerprint density at radius 3 is 1.89 bits per heavy atom. The van der Waals surface area contributed by atoms with E-state index in [9.17, 15) is 23.7 Å². The molecule has 0 bridgehead atoms. The van der Waals surface area contributed by atoms with E-state index in [-0.39, 0.29) is 41.8 Å². The zero-order valence-corrected chi connectivity index (χ0v) is 34.7. The van der Waals surface area contributed by atoms with E-state index < -0.39 is 11.0 Å². The van der Waals surface area contributed by atoms with Crippen molar-refractivity contribution in [3.63, 3.8) is 0 Å². The second-order valence-corrected chi connectivity index (χ2v) is 15.2. The minimum Gasteiger partial charge on any atom is -0.412 e. The number of hydrogen-bond donors (Lipinski definition) is 9. The summed E-state index contributed by atoms with van der Waals surface area (Å²) >= 11 is 0. The van der Waals surface area contributed by atoms with Crippen molar-refractivity contribution in [3.8, 4) is 0 Å². The topological polar surface area (TPSA) is 249 Å². The van der Waals surface area contributed by atoms with Gasteiger partial charge in [0, 0.05) is 32.2 Å². The average Bonchev–Trinajstić information content (AvgIpc) is 3.64. The van der Waals surface area contributed by atoms with Crippen molar-refractivity contribution >= 4 is 28.7 Å². The van der Waals surface area contributed by atoms with E-state index in [1.54, 1.807) is 6.92 Å². The number of carbonyl (C=O) groups excluding carboxylic acids is 3. The fraction of sp³-hybridized carbons (Fsp3) is 0.919. The van der Waals surface area contributed by atoms with Crippen LogP contribution in [0.3, 0.4) is 0 Å². The molecule has 0 saturated carbocycles. The minimum absolute atomic E-state index is 0. The van der Waals surface area contributed by atoms with Gasteiger partial charge in [0.05, 0.1) is 32.1 Å². The second kappa shape index (κ2) is 40.9. The van der Waals surface area contributed by atoms with Crippen LogP contribution in [0.4, 0.5) is 0 Å². The predicted octanol–water partition coefficient (Wildman–Crippen LogP) is 2.43. The number of nitrogens with one attached hydrogen (secondary N) is 7. The zero-order chi connectivity index (χ0) is 39.2. The van der Waals surface area contributed by atoms with Gasteiger partial charge in [-0.15, -0.1) is 0 Å². The lowest BCUT2D eigenvalue weighted by molar-refractivity contribution is -0.126. The van der Waals surface area contributed by atoms with Gasteiger partial charge in [0.2, 0.25) is 17.7 Å². The number of aliphatic hydroxyl groups is 1. The maximum atomic E-state index is 11.6. The Labute approximate surface area is 328 Å². The van der Waals surface area contributed by atoms with Gasteiger partial charge >= 0.3 is 0 Å². The largest absolute Gasteiger partial charge is 0.412 e. The molecule has 1 aliphatic rings. The molecule has 0 aromatic heterocycles. The first-order valence-electron chi connectivity index (χ1n) is 20.4. The fourth-order valence-electron chi connectivity index (χ4n) is 5.76. The van der Waals surface area contributed by atoms with Crippen molar-refractivity contribution in [2.75, 3.05) is 51.8 Å². The summed E-state index contributed by atoms with van der Waals surface area (Å²) in [5.74, 6) is 0.490. The molecule has 1 saturated heterocycles.